The number of nitrogens with one attached hydrogen (secondary N) is 1. The SMILES string of the molecule is O=C(/C=C/c1cccc2cccnc12)Nc1ccc2sccc2c1. The van der Waals surface area contributed by atoms with Crippen LogP contribution in [0.5, 0.6) is 0 Å². The second-order valence-electron chi connectivity index (χ2n) is 5.42. The second-order valence-corrected chi connectivity index (χ2v) is 6.37. The fourth-order valence-corrected chi connectivity index (χ4v) is 3.43. The van der Waals surface area contributed by atoms with E-state index in [1.54, 1.807) is 29.7 Å². The normalized spacial score (nSPS) is 11.3. The van der Waals surface area contributed by atoms with E-state index in [1.807, 2.05) is 60.0 Å². The molecule has 0 radical (unpaired) electrons. The molecule has 0 atom stereocenters. The standard InChI is InChI=1S/C20H14N2OS/c23-19(22-17-7-8-18-16(13-17)10-12-24-18)9-6-15-4-1-3-14-5-2-11-21-20(14)15/h1-13H,(H,22,23)/b9-6+. The van der Waals surface area contributed by atoms with E-state index in [2.05, 4.69) is 10.3 Å². The third-order valence-electron chi connectivity index (χ3n) is 3.80. The van der Waals surface area contributed by atoms with Gasteiger partial charge in [-0.1, -0.05) is 24.3 Å². The number of hydrogen-bond acceptors (Lipinski definition) is 3. The summed E-state index contributed by atoms with van der Waals surface area (Å²) in [6.07, 6.45) is 5.10. The zero-order chi connectivity index (χ0) is 16.4. The monoisotopic (exact) mass is 330 g/mol. The molecule has 1 amide bonds. The van der Waals surface area contributed by atoms with Crippen molar-refractivity contribution in [1.82, 2.24) is 4.98 Å². The first-order valence-electron chi connectivity index (χ1n) is 7.60. The lowest BCUT2D eigenvalue weighted by Crippen LogP contribution is -2.07. The number of thiophene rings is 1. The highest BCUT2D eigenvalue weighted by Crippen LogP contribution is 2.24. The molecule has 0 saturated heterocycles. The highest BCUT2D eigenvalue weighted by atomic mass is 32.1. The number of benzene rings is 2. The molecular weight excluding hydrogens is 316 g/mol. The van der Waals surface area contributed by atoms with Crippen LogP contribution in [0.3, 0.4) is 0 Å². The van der Waals surface area contributed by atoms with Crippen molar-refractivity contribution in [2.24, 2.45) is 0 Å². The number of amides is 1. The van der Waals surface area contributed by atoms with Crippen molar-refractivity contribution in [2.45, 2.75) is 0 Å². The molecule has 0 spiro atoms. The van der Waals surface area contributed by atoms with Gasteiger partial charge in [-0.05, 0) is 47.2 Å². The first-order valence-corrected chi connectivity index (χ1v) is 8.48. The van der Waals surface area contributed by atoms with E-state index >= 15 is 0 Å². The number of carbonyl (C=O) groups is 1. The maximum absolute atomic E-state index is 12.2. The number of pyridine rings is 1. The van der Waals surface area contributed by atoms with Crippen molar-refractivity contribution >= 4 is 50.0 Å². The van der Waals surface area contributed by atoms with Crippen LogP contribution in [0.1, 0.15) is 5.56 Å². The quantitative estimate of drug-likeness (QED) is 0.531. The molecule has 116 valence electrons. The van der Waals surface area contributed by atoms with E-state index in [1.165, 1.54) is 4.70 Å². The molecular formula is C20H14N2OS. The van der Waals surface area contributed by atoms with Gasteiger partial charge in [0, 0.05) is 33.6 Å². The second kappa shape index (κ2) is 6.26. The number of rotatable bonds is 3. The number of aromatic nitrogens is 1. The molecule has 0 bridgehead atoms. The molecule has 2 aromatic heterocycles. The molecule has 0 aliphatic rings. The Morgan fingerprint density at radius 3 is 2.92 bits per heavy atom. The van der Waals surface area contributed by atoms with E-state index < -0.39 is 0 Å². The van der Waals surface area contributed by atoms with E-state index in [9.17, 15) is 4.79 Å². The zero-order valence-electron chi connectivity index (χ0n) is 12.8. The summed E-state index contributed by atoms with van der Waals surface area (Å²) in [5, 5.41) is 7.14. The van der Waals surface area contributed by atoms with Gasteiger partial charge in [0.2, 0.25) is 5.91 Å². The van der Waals surface area contributed by atoms with Crippen molar-refractivity contribution in [2.75, 3.05) is 5.32 Å². The Kier molecular flexibility index (Phi) is 3.81. The molecule has 1 N–H and O–H groups in total. The Balaban J connectivity index is 1.55. The van der Waals surface area contributed by atoms with Gasteiger partial charge in [0.25, 0.3) is 0 Å². The molecule has 24 heavy (non-hydrogen) atoms. The fourth-order valence-electron chi connectivity index (χ4n) is 2.66. The van der Waals surface area contributed by atoms with Gasteiger partial charge < -0.3 is 5.32 Å². The molecule has 0 aliphatic carbocycles. The minimum absolute atomic E-state index is 0.155. The van der Waals surface area contributed by atoms with Crippen LogP contribution < -0.4 is 5.32 Å². The first-order chi connectivity index (χ1) is 11.8. The lowest BCUT2D eigenvalue weighted by atomic mass is 10.1. The number of fused-ring (bicyclic) bond motifs is 2. The molecule has 0 aliphatic heterocycles. The predicted molar refractivity (Wildman–Crippen MR) is 101 cm³/mol. The van der Waals surface area contributed by atoms with Crippen LogP contribution in [0.4, 0.5) is 5.69 Å². The first kappa shape index (κ1) is 14.6. The molecule has 4 rings (SSSR count). The van der Waals surface area contributed by atoms with Gasteiger partial charge in [-0.25, -0.2) is 0 Å². The molecule has 4 heteroatoms. The average molecular weight is 330 g/mol. The van der Waals surface area contributed by atoms with Gasteiger partial charge in [-0.3, -0.25) is 9.78 Å². The maximum atomic E-state index is 12.2. The van der Waals surface area contributed by atoms with Crippen molar-refractivity contribution in [1.29, 1.82) is 0 Å². The third kappa shape index (κ3) is 2.92. The van der Waals surface area contributed by atoms with Crippen molar-refractivity contribution in [3.8, 4) is 0 Å². The van der Waals surface area contributed by atoms with Crippen LogP contribution in [0.2, 0.25) is 0 Å². The summed E-state index contributed by atoms with van der Waals surface area (Å²) in [6, 6.07) is 17.8. The molecule has 0 saturated carbocycles. The van der Waals surface area contributed by atoms with E-state index in [-0.39, 0.29) is 5.91 Å². The van der Waals surface area contributed by atoms with Crippen LogP contribution in [0.15, 0.2) is 72.3 Å². The van der Waals surface area contributed by atoms with Crippen LogP contribution in [-0.4, -0.2) is 10.9 Å². The van der Waals surface area contributed by atoms with E-state index in [0.717, 1.165) is 27.5 Å². The Labute approximate surface area is 143 Å². The smallest absolute Gasteiger partial charge is 0.248 e. The van der Waals surface area contributed by atoms with Crippen molar-refractivity contribution in [3.05, 3.63) is 77.8 Å². The lowest BCUT2D eigenvalue weighted by molar-refractivity contribution is -0.111. The van der Waals surface area contributed by atoms with E-state index in [4.69, 9.17) is 0 Å². The molecule has 4 aromatic rings. The Bertz CT molecular complexity index is 1060. The largest absolute Gasteiger partial charge is 0.322 e. The summed E-state index contributed by atoms with van der Waals surface area (Å²) >= 11 is 1.69. The topological polar surface area (TPSA) is 42.0 Å². The Hall–Kier alpha value is -2.98. The summed E-state index contributed by atoms with van der Waals surface area (Å²) in [4.78, 5) is 16.6. The average Bonchev–Trinajstić information content (AvgIpc) is 3.07. The Morgan fingerprint density at radius 2 is 1.96 bits per heavy atom. The van der Waals surface area contributed by atoms with Gasteiger partial charge in [0.05, 0.1) is 5.52 Å². The summed E-state index contributed by atoms with van der Waals surface area (Å²) < 4.78 is 1.21. The number of hydrogen-bond donors (Lipinski definition) is 1. The lowest BCUT2D eigenvalue weighted by Gasteiger charge is -2.03. The summed E-state index contributed by atoms with van der Waals surface area (Å²) in [7, 11) is 0. The number of anilines is 1. The Morgan fingerprint density at radius 1 is 1.04 bits per heavy atom. The summed E-state index contributed by atoms with van der Waals surface area (Å²) in [5.41, 5.74) is 2.62. The van der Waals surface area contributed by atoms with Crippen LogP contribution in [0, 0.1) is 0 Å². The number of para-hydroxylation sites is 1. The van der Waals surface area contributed by atoms with Gasteiger partial charge in [-0.15, -0.1) is 11.3 Å². The molecule has 0 unspecified atom stereocenters. The fraction of sp³-hybridized carbons (Fsp3) is 0. The molecule has 0 fully saturated rings. The minimum Gasteiger partial charge on any atom is -0.322 e. The highest BCUT2D eigenvalue weighted by Gasteiger charge is 2.02. The van der Waals surface area contributed by atoms with Gasteiger partial charge >= 0.3 is 0 Å². The maximum Gasteiger partial charge on any atom is 0.248 e. The number of nitrogens with zero attached hydrogens (tertiary/aromatic N) is 1. The zero-order valence-corrected chi connectivity index (χ0v) is 13.6. The van der Waals surface area contributed by atoms with Gasteiger partial charge in [0.15, 0.2) is 0 Å². The van der Waals surface area contributed by atoms with E-state index in [0.29, 0.717) is 0 Å². The molecule has 2 heterocycles. The van der Waals surface area contributed by atoms with Gasteiger partial charge in [0.1, 0.15) is 0 Å². The minimum atomic E-state index is -0.155. The van der Waals surface area contributed by atoms with Crippen LogP contribution >= 0.6 is 11.3 Å². The molecule has 2 aromatic carbocycles. The highest BCUT2D eigenvalue weighted by molar-refractivity contribution is 7.17. The van der Waals surface area contributed by atoms with Crippen molar-refractivity contribution < 1.29 is 4.79 Å². The molecule has 3 nitrogen and oxygen atoms in total. The predicted octanol–water partition coefficient (Wildman–Crippen LogP) is 5.10. The summed E-state index contributed by atoms with van der Waals surface area (Å²) in [6.45, 7) is 0. The third-order valence-corrected chi connectivity index (χ3v) is 4.70. The van der Waals surface area contributed by atoms with Crippen LogP contribution in [-0.2, 0) is 4.79 Å². The van der Waals surface area contributed by atoms with Crippen molar-refractivity contribution in [3.63, 3.8) is 0 Å². The summed E-state index contributed by atoms with van der Waals surface area (Å²) in [5.74, 6) is -0.155. The van der Waals surface area contributed by atoms with Crippen LogP contribution in [0.25, 0.3) is 27.1 Å². The number of carbonyl (C=O) groups excluding carboxylic acids is 1. The van der Waals surface area contributed by atoms with Gasteiger partial charge in [-0.2, -0.15) is 0 Å².